The quantitative estimate of drug-likeness (QED) is 0.623. The van der Waals surface area contributed by atoms with E-state index in [2.05, 4.69) is 25.6 Å². The fraction of sp³-hybridized carbons (Fsp3) is 0.250. The molecule has 1 atom stereocenters. The van der Waals surface area contributed by atoms with Crippen LogP contribution in [-0.2, 0) is 11.3 Å². The summed E-state index contributed by atoms with van der Waals surface area (Å²) in [5.74, 6) is 1.15. The summed E-state index contributed by atoms with van der Waals surface area (Å²) in [6, 6.07) is 5.53. The number of hydrogen-bond donors (Lipinski definition) is 2. The van der Waals surface area contributed by atoms with E-state index in [-0.39, 0.29) is 18.0 Å². The van der Waals surface area contributed by atoms with Gasteiger partial charge in [0.1, 0.15) is 28.7 Å². The molecule has 26 heavy (non-hydrogen) atoms. The second kappa shape index (κ2) is 7.30. The van der Waals surface area contributed by atoms with Gasteiger partial charge >= 0.3 is 6.09 Å². The molecule has 1 aliphatic heterocycles. The fourth-order valence-electron chi connectivity index (χ4n) is 2.56. The largest absolute Gasteiger partial charge is 0.487 e. The van der Waals surface area contributed by atoms with E-state index in [1.54, 1.807) is 23.6 Å². The summed E-state index contributed by atoms with van der Waals surface area (Å²) in [7, 11) is 0. The first-order valence-corrected chi connectivity index (χ1v) is 9.10. The Labute approximate surface area is 157 Å². The van der Waals surface area contributed by atoms with E-state index in [9.17, 15) is 4.79 Å². The molecule has 0 spiro atoms. The number of aromatic nitrogens is 3. The molecule has 1 aromatic carbocycles. The zero-order valence-corrected chi connectivity index (χ0v) is 15.0. The summed E-state index contributed by atoms with van der Waals surface area (Å²) in [6.07, 6.45) is 0.983. The lowest BCUT2D eigenvalue weighted by Gasteiger charge is -2.13. The number of carbonyl (C=O) groups is 1. The Hall–Kier alpha value is -2.65. The molecule has 1 fully saturated rings. The summed E-state index contributed by atoms with van der Waals surface area (Å²) in [5.41, 5.74) is 0.589. The fourth-order valence-corrected chi connectivity index (χ4v) is 3.28. The van der Waals surface area contributed by atoms with Crippen molar-refractivity contribution in [2.75, 3.05) is 18.5 Å². The van der Waals surface area contributed by atoms with Crippen molar-refractivity contribution >= 4 is 45.8 Å². The van der Waals surface area contributed by atoms with Crippen LogP contribution < -0.4 is 15.4 Å². The number of benzene rings is 1. The standard InChI is InChI=1S/C16H14ClN5O3S/c17-15-21-13-10(14(22-15)19-7-12-18-4-5-26-12)2-1-3-11(13)24-8-9-6-20-16(23)25-9/h1-5,9H,6-8H2,(H,20,23)(H,19,21,22). The van der Waals surface area contributed by atoms with Gasteiger partial charge in [0, 0.05) is 17.0 Å². The van der Waals surface area contributed by atoms with Gasteiger partial charge in [0.25, 0.3) is 0 Å². The Morgan fingerprint density at radius 3 is 3.12 bits per heavy atom. The van der Waals surface area contributed by atoms with Gasteiger partial charge in [-0.15, -0.1) is 11.3 Å². The number of ether oxygens (including phenoxy) is 2. The number of nitrogens with one attached hydrogen (secondary N) is 2. The van der Waals surface area contributed by atoms with Crippen molar-refractivity contribution < 1.29 is 14.3 Å². The molecule has 3 aromatic rings. The highest BCUT2D eigenvalue weighted by Gasteiger charge is 2.23. The molecule has 0 aliphatic carbocycles. The number of amides is 1. The van der Waals surface area contributed by atoms with Gasteiger partial charge in [-0.1, -0.05) is 6.07 Å². The number of cyclic esters (lactones) is 1. The van der Waals surface area contributed by atoms with Gasteiger partial charge in [-0.3, -0.25) is 0 Å². The van der Waals surface area contributed by atoms with Gasteiger partial charge in [0.15, 0.2) is 6.10 Å². The molecule has 0 saturated carbocycles. The number of anilines is 1. The molecule has 4 rings (SSSR count). The second-order valence-corrected chi connectivity index (χ2v) is 6.81. The third-order valence-corrected chi connectivity index (χ3v) is 4.67. The maximum atomic E-state index is 11.1. The zero-order valence-electron chi connectivity index (χ0n) is 13.4. The van der Waals surface area contributed by atoms with Crippen LogP contribution in [0.5, 0.6) is 5.75 Å². The van der Waals surface area contributed by atoms with Gasteiger partial charge in [0.05, 0.1) is 13.1 Å². The number of nitrogens with zero attached hydrogens (tertiary/aromatic N) is 3. The molecule has 1 amide bonds. The minimum absolute atomic E-state index is 0.115. The Morgan fingerprint density at radius 1 is 1.42 bits per heavy atom. The van der Waals surface area contributed by atoms with E-state index in [0.717, 1.165) is 10.4 Å². The average Bonchev–Trinajstić information content (AvgIpc) is 3.29. The smallest absolute Gasteiger partial charge is 0.407 e. The summed E-state index contributed by atoms with van der Waals surface area (Å²) in [6.45, 7) is 1.18. The minimum Gasteiger partial charge on any atom is -0.487 e. The second-order valence-electron chi connectivity index (χ2n) is 5.49. The molecule has 0 radical (unpaired) electrons. The van der Waals surface area contributed by atoms with Gasteiger partial charge in [-0.05, 0) is 23.7 Å². The van der Waals surface area contributed by atoms with E-state index in [1.165, 1.54) is 0 Å². The summed E-state index contributed by atoms with van der Waals surface area (Å²) >= 11 is 7.65. The first-order chi connectivity index (χ1) is 12.7. The maximum Gasteiger partial charge on any atom is 0.407 e. The molecule has 2 N–H and O–H groups in total. The molecule has 134 valence electrons. The van der Waals surface area contributed by atoms with Crippen LogP contribution in [0.25, 0.3) is 10.9 Å². The number of alkyl carbamates (subject to hydrolysis) is 1. The lowest BCUT2D eigenvalue weighted by atomic mass is 10.2. The minimum atomic E-state index is -0.435. The predicted molar refractivity (Wildman–Crippen MR) is 97.8 cm³/mol. The molecule has 10 heteroatoms. The van der Waals surface area contributed by atoms with Crippen LogP contribution in [0, 0.1) is 0 Å². The van der Waals surface area contributed by atoms with Crippen molar-refractivity contribution in [2.45, 2.75) is 12.6 Å². The molecule has 0 bridgehead atoms. The number of thiazole rings is 1. The molecule has 1 aliphatic rings. The third kappa shape index (κ3) is 3.63. The Bertz CT molecular complexity index is 937. The molecule has 1 saturated heterocycles. The van der Waals surface area contributed by atoms with Crippen LogP contribution in [0.2, 0.25) is 5.28 Å². The number of carbonyl (C=O) groups excluding carboxylic acids is 1. The first kappa shape index (κ1) is 16.8. The molecular weight excluding hydrogens is 378 g/mol. The van der Waals surface area contributed by atoms with E-state index >= 15 is 0 Å². The van der Waals surface area contributed by atoms with Crippen molar-refractivity contribution in [1.29, 1.82) is 0 Å². The first-order valence-electron chi connectivity index (χ1n) is 7.85. The number of halogens is 1. The van der Waals surface area contributed by atoms with Crippen molar-refractivity contribution in [1.82, 2.24) is 20.3 Å². The van der Waals surface area contributed by atoms with Crippen LogP contribution in [0.15, 0.2) is 29.8 Å². The van der Waals surface area contributed by atoms with Gasteiger partial charge in [-0.2, -0.15) is 0 Å². The molecule has 1 unspecified atom stereocenters. The average molecular weight is 392 g/mol. The number of fused-ring (bicyclic) bond motifs is 1. The lowest BCUT2D eigenvalue weighted by molar-refractivity contribution is 0.105. The monoisotopic (exact) mass is 391 g/mol. The van der Waals surface area contributed by atoms with Crippen molar-refractivity contribution in [3.63, 3.8) is 0 Å². The Kier molecular flexibility index (Phi) is 4.72. The SMILES string of the molecule is O=C1NCC(COc2cccc3c(NCc4nccs4)nc(Cl)nc23)O1. The molecule has 2 aromatic heterocycles. The van der Waals surface area contributed by atoms with Crippen LogP contribution in [0.4, 0.5) is 10.6 Å². The van der Waals surface area contributed by atoms with Gasteiger partial charge in [-0.25, -0.2) is 19.7 Å². The normalized spacial score (nSPS) is 16.3. The highest BCUT2D eigenvalue weighted by Crippen LogP contribution is 2.30. The number of rotatable bonds is 6. The highest BCUT2D eigenvalue weighted by molar-refractivity contribution is 7.09. The van der Waals surface area contributed by atoms with Crippen molar-refractivity contribution in [3.05, 3.63) is 40.1 Å². The molecule has 3 heterocycles. The number of para-hydroxylation sites is 1. The van der Waals surface area contributed by atoms with E-state index in [1.807, 2.05) is 17.5 Å². The molecule has 8 nitrogen and oxygen atoms in total. The number of hydrogen-bond acceptors (Lipinski definition) is 8. The van der Waals surface area contributed by atoms with E-state index in [4.69, 9.17) is 21.1 Å². The third-order valence-electron chi connectivity index (χ3n) is 3.73. The van der Waals surface area contributed by atoms with Crippen LogP contribution in [-0.4, -0.2) is 40.3 Å². The Balaban J connectivity index is 1.57. The summed E-state index contributed by atoms with van der Waals surface area (Å²) in [4.78, 5) is 23.9. The lowest BCUT2D eigenvalue weighted by Crippen LogP contribution is -2.22. The predicted octanol–water partition coefficient (Wildman–Crippen LogP) is 2.84. The van der Waals surface area contributed by atoms with Gasteiger partial charge in [0.2, 0.25) is 5.28 Å². The van der Waals surface area contributed by atoms with Crippen LogP contribution in [0.1, 0.15) is 5.01 Å². The molecular formula is C16H14ClN5O3S. The van der Waals surface area contributed by atoms with Crippen molar-refractivity contribution in [2.24, 2.45) is 0 Å². The Morgan fingerprint density at radius 2 is 2.35 bits per heavy atom. The zero-order chi connectivity index (χ0) is 17.9. The summed E-state index contributed by atoms with van der Waals surface area (Å²) in [5, 5.41) is 9.58. The van der Waals surface area contributed by atoms with Crippen LogP contribution >= 0.6 is 22.9 Å². The topological polar surface area (TPSA) is 98.3 Å². The maximum absolute atomic E-state index is 11.1. The van der Waals surface area contributed by atoms with E-state index in [0.29, 0.717) is 30.2 Å². The summed E-state index contributed by atoms with van der Waals surface area (Å²) < 4.78 is 10.9. The highest BCUT2D eigenvalue weighted by atomic mass is 35.5. The van der Waals surface area contributed by atoms with Gasteiger partial charge < -0.3 is 20.1 Å². The van der Waals surface area contributed by atoms with E-state index < -0.39 is 6.09 Å². The van der Waals surface area contributed by atoms with Crippen molar-refractivity contribution in [3.8, 4) is 5.75 Å². The van der Waals surface area contributed by atoms with Crippen LogP contribution in [0.3, 0.4) is 0 Å².